The molecule has 2 fully saturated rings. The number of benzene rings is 1. The van der Waals surface area contributed by atoms with E-state index >= 15 is 0 Å². The molecule has 2 saturated heterocycles. The number of rotatable bonds is 7. The van der Waals surface area contributed by atoms with Crippen LogP contribution in [0.4, 0.5) is 22.0 Å². The second-order valence-corrected chi connectivity index (χ2v) is 9.58. The molecule has 212 valence electrons. The number of pyridine rings is 1. The lowest BCUT2D eigenvalue weighted by Crippen LogP contribution is -2.60. The van der Waals surface area contributed by atoms with Gasteiger partial charge < -0.3 is 15.0 Å². The van der Waals surface area contributed by atoms with Gasteiger partial charge in [0.1, 0.15) is 11.8 Å². The molecule has 8 nitrogen and oxygen atoms in total. The summed E-state index contributed by atoms with van der Waals surface area (Å²) in [4.78, 5) is 32.5. The van der Waals surface area contributed by atoms with Crippen molar-refractivity contribution in [3.8, 4) is 11.8 Å². The highest BCUT2D eigenvalue weighted by Crippen LogP contribution is 2.42. The van der Waals surface area contributed by atoms with Crippen LogP contribution in [0.15, 0.2) is 42.7 Å². The zero-order valence-corrected chi connectivity index (χ0v) is 21.3. The zero-order chi connectivity index (χ0) is 29.0. The van der Waals surface area contributed by atoms with Crippen molar-refractivity contribution in [3.05, 3.63) is 59.4 Å². The Hall–Kier alpha value is -4.05. The summed E-state index contributed by atoms with van der Waals surface area (Å²) in [5, 5.41) is 12.4. The van der Waals surface area contributed by atoms with Crippen molar-refractivity contribution in [2.24, 2.45) is 0 Å². The molecular formula is C27H26F5N5O3. The van der Waals surface area contributed by atoms with E-state index in [2.05, 4.69) is 15.0 Å². The topological polar surface area (TPSA) is 98.6 Å². The number of hydrogen-bond donors (Lipinski definition) is 1. The molecule has 2 amide bonds. The van der Waals surface area contributed by atoms with Gasteiger partial charge in [-0.05, 0) is 36.6 Å². The highest BCUT2D eigenvalue weighted by atomic mass is 19.4. The number of nitrogens with zero attached hydrogens (tertiary/aromatic N) is 4. The predicted octanol–water partition coefficient (Wildman–Crippen LogP) is 4.45. The fourth-order valence-corrected chi connectivity index (χ4v) is 4.94. The molecule has 1 atom stereocenters. The van der Waals surface area contributed by atoms with Crippen molar-refractivity contribution >= 4 is 24.0 Å². The summed E-state index contributed by atoms with van der Waals surface area (Å²) in [7, 11) is 0. The van der Waals surface area contributed by atoms with Gasteiger partial charge in [0.05, 0.1) is 19.5 Å². The van der Waals surface area contributed by atoms with Crippen LogP contribution in [0.2, 0.25) is 0 Å². The molecule has 0 radical (unpaired) electrons. The molecule has 2 aromatic rings. The molecule has 1 unspecified atom stereocenters. The third-order valence-corrected chi connectivity index (χ3v) is 6.77. The summed E-state index contributed by atoms with van der Waals surface area (Å²) in [6.45, 7) is -0.671. The molecule has 0 spiro atoms. The van der Waals surface area contributed by atoms with E-state index in [1.165, 1.54) is 36.7 Å². The van der Waals surface area contributed by atoms with Crippen LogP contribution in [0.5, 0.6) is 5.75 Å². The van der Waals surface area contributed by atoms with Crippen LogP contribution in [0.25, 0.3) is 12.2 Å². The molecular weight excluding hydrogens is 537 g/mol. The van der Waals surface area contributed by atoms with Crippen LogP contribution in [-0.4, -0.2) is 70.7 Å². The Kier molecular flexibility index (Phi) is 8.39. The molecule has 0 bridgehead atoms. The molecule has 1 aromatic carbocycles. The lowest BCUT2D eigenvalue weighted by Gasteiger charge is -2.43. The third kappa shape index (κ3) is 6.74. The number of alkyl halides is 5. The molecule has 2 aliphatic rings. The summed E-state index contributed by atoms with van der Waals surface area (Å²) in [6, 6.07) is 8.43. The van der Waals surface area contributed by atoms with Gasteiger partial charge in [0.25, 0.3) is 11.8 Å². The van der Waals surface area contributed by atoms with Gasteiger partial charge in [0, 0.05) is 36.6 Å². The van der Waals surface area contributed by atoms with Crippen LogP contribution < -0.4 is 10.1 Å². The first-order valence-electron chi connectivity index (χ1n) is 12.5. The minimum Gasteiger partial charge on any atom is -0.406 e. The molecule has 40 heavy (non-hydrogen) atoms. The van der Waals surface area contributed by atoms with Crippen molar-refractivity contribution in [3.63, 3.8) is 0 Å². The third-order valence-electron chi connectivity index (χ3n) is 6.77. The van der Waals surface area contributed by atoms with Crippen LogP contribution in [0, 0.1) is 11.3 Å². The maximum Gasteiger partial charge on any atom is 0.573 e. The monoisotopic (exact) mass is 563 g/mol. The summed E-state index contributed by atoms with van der Waals surface area (Å²) in [6.07, 6.45) is 2.58. The van der Waals surface area contributed by atoms with Gasteiger partial charge in [-0.2, -0.15) is 5.26 Å². The molecule has 2 aliphatic heterocycles. The number of likely N-dealkylation sites (tertiary alicyclic amines) is 2. The molecule has 1 aromatic heterocycles. The number of aromatic nitrogens is 1. The quantitative estimate of drug-likeness (QED) is 0.500. The number of nitrogens with one attached hydrogen (secondary N) is 1. The molecule has 1 N–H and O–H groups in total. The van der Waals surface area contributed by atoms with Gasteiger partial charge in [-0.3, -0.25) is 19.5 Å². The SMILES string of the molecule is N#CC1(N2CCCCC2)CC(F)(F)CN1C(=O)CNC(=O)c1ccncc1C=Cc1ccc(OC(F)(F)F)cc1. The molecule has 13 heteroatoms. The first-order valence-corrected chi connectivity index (χ1v) is 12.5. The number of nitriles is 1. The lowest BCUT2D eigenvalue weighted by molar-refractivity contribution is -0.274. The number of halogens is 5. The first-order chi connectivity index (χ1) is 18.9. The summed E-state index contributed by atoms with van der Waals surface area (Å²) in [5.41, 5.74) is -0.793. The number of carbonyl (C=O) groups is 2. The number of amides is 2. The number of carbonyl (C=O) groups excluding carboxylic acids is 2. The Morgan fingerprint density at radius 3 is 2.45 bits per heavy atom. The number of piperidine rings is 1. The van der Waals surface area contributed by atoms with Crippen molar-refractivity contribution in [2.75, 3.05) is 26.2 Å². The number of hydrogen-bond acceptors (Lipinski definition) is 6. The van der Waals surface area contributed by atoms with E-state index in [-0.39, 0.29) is 11.3 Å². The van der Waals surface area contributed by atoms with Crippen LogP contribution in [0.1, 0.15) is 47.2 Å². The maximum atomic E-state index is 14.5. The minimum absolute atomic E-state index is 0.130. The Balaban J connectivity index is 1.44. The lowest BCUT2D eigenvalue weighted by atomic mass is 10.0. The summed E-state index contributed by atoms with van der Waals surface area (Å²) >= 11 is 0. The fourth-order valence-electron chi connectivity index (χ4n) is 4.94. The maximum absolute atomic E-state index is 14.5. The molecule has 0 saturated carbocycles. The summed E-state index contributed by atoms with van der Waals surface area (Å²) < 4.78 is 69.9. The van der Waals surface area contributed by atoms with Crippen molar-refractivity contribution < 1.29 is 36.3 Å². The predicted molar refractivity (Wildman–Crippen MR) is 134 cm³/mol. The van der Waals surface area contributed by atoms with E-state index in [0.717, 1.165) is 36.3 Å². The highest BCUT2D eigenvalue weighted by molar-refractivity contribution is 6.00. The normalized spacial score (nSPS) is 21.2. The second-order valence-electron chi connectivity index (χ2n) is 9.58. The van der Waals surface area contributed by atoms with Gasteiger partial charge in [0.15, 0.2) is 5.66 Å². The van der Waals surface area contributed by atoms with E-state index in [0.29, 0.717) is 24.2 Å². The van der Waals surface area contributed by atoms with Gasteiger partial charge >= 0.3 is 6.36 Å². The van der Waals surface area contributed by atoms with Gasteiger partial charge in [-0.1, -0.05) is 30.7 Å². The Morgan fingerprint density at radius 2 is 1.80 bits per heavy atom. The molecule has 4 rings (SSSR count). The van der Waals surface area contributed by atoms with Crippen molar-refractivity contribution in [1.82, 2.24) is 20.1 Å². The van der Waals surface area contributed by atoms with E-state index < -0.39 is 49.3 Å². The average molecular weight is 564 g/mol. The first kappa shape index (κ1) is 28.9. The van der Waals surface area contributed by atoms with Crippen LogP contribution >= 0.6 is 0 Å². The Morgan fingerprint density at radius 1 is 1.10 bits per heavy atom. The van der Waals surface area contributed by atoms with E-state index in [1.54, 1.807) is 11.0 Å². The van der Waals surface area contributed by atoms with Gasteiger partial charge in [-0.25, -0.2) is 8.78 Å². The zero-order valence-electron chi connectivity index (χ0n) is 21.3. The van der Waals surface area contributed by atoms with Gasteiger partial charge in [0.2, 0.25) is 5.91 Å². The standard InChI is InChI=1S/C27H26F5N5O3/c28-25(29)16-26(17-33,36-12-2-1-3-13-36)37(18-25)23(38)15-35-24(39)22-10-11-34-14-20(22)7-4-19-5-8-21(9-6-19)40-27(30,31)32/h4-11,14H,1-3,12-13,15-16,18H2,(H,35,39). The summed E-state index contributed by atoms with van der Waals surface area (Å²) in [5.74, 6) is -5.10. The largest absolute Gasteiger partial charge is 0.573 e. The van der Waals surface area contributed by atoms with E-state index in [9.17, 15) is 36.8 Å². The van der Waals surface area contributed by atoms with Crippen molar-refractivity contribution in [1.29, 1.82) is 5.26 Å². The Labute approximate surface area is 227 Å². The van der Waals surface area contributed by atoms with E-state index in [4.69, 9.17) is 0 Å². The number of ether oxygens (including phenoxy) is 1. The minimum atomic E-state index is -4.81. The average Bonchev–Trinajstić information content (AvgIpc) is 3.22. The van der Waals surface area contributed by atoms with Crippen LogP contribution in [0.3, 0.4) is 0 Å². The van der Waals surface area contributed by atoms with Crippen LogP contribution in [-0.2, 0) is 4.79 Å². The molecule has 0 aliphatic carbocycles. The highest BCUT2D eigenvalue weighted by Gasteiger charge is 2.60. The van der Waals surface area contributed by atoms with E-state index in [1.807, 2.05) is 6.07 Å². The Bertz CT molecular complexity index is 1300. The molecule has 3 heterocycles. The smallest absolute Gasteiger partial charge is 0.406 e. The fraction of sp³-hybridized carbons (Fsp3) is 0.407. The second kappa shape index (κ2) is 11.6. The van der Waals surface area contributed by atoms with Crippen molar-refractivity contribution in [2.45, 2.75) is 43.6 Å². The van der Waals surface area contributed by atoms with Gasteiger partial charge in [-0.15, -0.1) is 13.2 Å².